The van der Waals surface area contributed by atoms with Crippen LogP contribution < -0.4 is 10.1 Å². The number of carbonyl (C=O) groups excluding carboxylic acids is 1. The fourth-order valence-electron chi connectivity index (χ4n) is 1.93. The summed E-state index contributed by atoms with van der Waals surface area (Å²) in [5, 5.41) is 3.93. The van der Waals surface area contributed by atoms with Crippen LogP contribution in [0.2, 0.25) is 5.02 Å². The van der Waals surface area contributed by atoms with Gasteiger partial charge in [-0.15, -0.1) is 0 Å². The summed E-state index contributed by atoms with van der Waals surface area (Å²) in [4.78, 5) is 13.9. The van der Waals surface area contributed by atoms with E-state index in [0.717, 1.165) is 23.8 Å². The average molecular weight is 315 g/mol. The molecule has 1 aromatic carbocycles. The number of carbonyl (C=O) groups is 1. The van der Waals surface area contributed by atoms with Gasteiger partial charge in [0.1, 0.15) is 12.4 Å². The van der Waals surface area contributed by atoms with E-state index in [2.05, 4.69) is 5.32 Å². The Morgan fingerprint density at radius 2 is 2.25 bits per heavy atom. The first kappa shape index (κ1) is 15.5. The van der Waals surface area contributed by atoms with Gasteiger partial charge in [-0.25, -0.2) is 0 Å². The zero-order chi connectivity index (χ0) is 14.4. The van der Waals surface area contributed by atoms with Crippen LogP contribution in [-0.4, -0.2) is 55.1 Å². The molecule has 1 saturated heterocycles. The summed E-state index contributed by atoms with van der Waals surface area (Å²) in [6, 6.07) is 7.16. The van der Waals surface area contributed by atoms with Crippen molar-refractivity contribution < 1.29 is 9.53 Å². The number of nitrogens with zero attached hydrogens (tertiary/aromatic N) is 1. The van der Waals surface area contributed by atoms with Crippen molar-refractivity contribution in [2.45, 2.75) is 6.04 Å². The Bertz CT molecular complexity index is 435. The van der Waals surface area contributed by atoms with Crippen molar-refractivity contribution >= 4 is 29.3 Å². The maximum atomic E-state index is 12.2. The van der Waals surface area contributed by atoms with E-state index in [9.17, 15) is 4.79 Å². The van der Waals surface area contributed by atoms with Crippen LogP contribution in [0.4, 0.5) is 0 Å². The molecule has 1 fully saturated rings. The first-order chi connectivity index (χ1) is 9.66. The van der Waals surface area contributed by atoms with Gasteiger partial charge in [-0.1, -0.05) is 11.6 Å². The van der Waals surface area contributed by atoms with Gasteiger partial charge in [-0.3, -0.25) is 4.79 Å². The molecule has 1 N–H and O–H groups in total. The maximum absolute atomic E-state index is 12.2. The van der Waals surface area contributed by atoms with E-state index in [4.69, 9.17) is 16.3 Å². The third kappa shape index (κ3) is 4.58. The summed E-state index contributed by atoms with van der Waals surface area (Å²) in [6.45, 7) is 1.95. The molecule has 0 aromatic heterocycles. The van der Waals surface area contributed by atoms with Crippen molar-refractivity contribution in [3.05, 3.63) is 29.3 Å². The molecule has 4 nitrogen and oxygen atoms in total. The van der Waals surface area contributed by atoms with Gasteiger partial charge in [0.25, 0.3) is 0 Å². The third-order valence-electron chi connectivity index (χ3n) is 3.11. The highest BCUT2D eigenvalue weighted by Crippen LogP contribution is 2.15. The summed E-state index contributed by atoms with van der Waals surface area (Å²) < 4.78 is 5.59. The number of hydrogen-bond acceptors (Lipinski definition) is 4. The molecule has 6 heteroatoms. The molecule has 0 aliphatic carbocycles. The van der Waals surface area contributed by atoms with Gasteiger partial charge in [0.2, 0.25) is 5.91 Å². The monoisotopic (exact) mass is 314 g/mol. The summed E-state index contributed by atoms with van der Waals surface area (Å²) in [5.41, 5.74) is 0. The second-order valence-electron chi connectivity index (χ2n) is 4.64. The SMILES string of the molecule is CN(CCOc1ccc(Cl)cc1)C(=O)C1CSCCN1. The lowest BCUT2D eigenvalue weighted by atomic mass is 10.3. The number of benzene rings is 1. The largest absolute Gasteiger partial charge is 0.492 e. The van der Waals surface area contributed by atoms with Gasteiger partial charge in [0.15, 0.2) is 0 Å². The normalized spacial score (nSPS) is 18.6. The molecular formula is C14H19ClN2O2S. The Kier molecular flexibility index (Phi) is 6.01. The molecular weight excluding hydrogens is 296 g/mol. The molecule has 2 rings (SSSR count). The minimum atomic E-state index is -0.0609. The molecule has 1 unspecified atom stereocenters. The fraction of sp³-hybridized carbons (Fsp3) is 0.500. The Hall–Kier alpha value is -0.910. The number of thioether (sulfide) groups is 1. The van der Waals surface area contributed by atoms with Gasteiger partial charge in [-0.2, -0.15) is 11.8 Å². The first-order valence-corrected chi connectivity index (χ1v) is 8.14. The molecule has 1 amide bonds. The van der Waals surface area contributed by atoms with E-state index >= 15 is 0 Å². The highest BCUT2D eigenvalue weighted by Gasteiger charge is 2.23. The van der Waals surface area contributed by atoms with Crippen LogP contribution in [-0.2, 0) is 4.79 Å². The van der Waals surface area contributed by atoms with Gasteiger partial charge in [0, 0.05) is 30.1 Å². The predicted molar refractivity (Wildman–Crippen MR) is 83.7 cm³/mol. The Labute approximate surface area is 128 Å². The number of rotatable bonds is 5. The van der Waals surface area contributed by atoms with E-state index in [-0.39, 0.29) is 11.9 Å². The number of nitrogens with one attached hydrogen (secondary N) is 1. The summed E-state index contributed by atoms with van der Waals surface area (Å²) in [6.07, 6.45) is 0. The lowest BCUT2D eigenvalue weighted by Gasteiger charge is -2.27. The molecule has 0 spiro atoms. The smallest absolute Gasteiger partial charge is 0.240 e. The van der Waals surface area contributed by atoms with E-state index in [1.54, 1.807) is 17.0 Å². The van der Waals surface area contributed by atoms with E-state index in [0.29, 0.717) is 18.2 Å². The lowest BCUT2D eigenvalue weighted by Crippen LogP contribution is -2.50. The average Bonchev–Trinajstić information content (AvgIpc) is 2.49. The highest BCUT2D eigenvalue weighted by atomic mass is 35.5. The van der Waals surface area contributed by atoms with Gasteiger partial charge in [-0.05, 0) is 24.3 Å². The van der Waals surface area contributed by atoms with E-state index in [1.807, 2.05) is 30.9 Å². The van der Waals surface area contributed by atoms with Crippen molar-refractivity contribution in [3.63, 3.8) is 0 Å². The summed E-state index contributed by atoms with van der Waals surface area (Å²) in [7, 11) is 1.81. The van der Waals surface area contributed by atoms with E-state index in [1.165, 1.54) is 0 Å². The van der Waals surface area contributed by atoms with Gasteiger partial charge < -0.3 is 15.0 Å². The lowest BCUT2D eigenvalue weighted by molar-refractivity contribution is -0.131. The Morgan fingerprint density at radius 3 is 2.90 bits per heavy atom. The molecule has 0 bridgehead atoms. The minimum absolute atomic E-state index is 0.0609. The van der Waals surface area contributed by atoms with Crippen LogP contribution in [0, 0.1) is 0 Å². The molecule has 20 heavy (non-hydrogen) atoms. The zero-order valence-electron chi connectivity index (χ0n) is 11.5. The molecule has 1 aromatic rings. The van der Waals surface area contributed by atoms with Crippen molar-refractivity contribution in [3.8, 4) is 5.75 Å². The number of amides is 1. The van der Waals surface area contributed by atoms with E-state index < -0.39 is 0 Å². The number of hydrogen-bond donors (Lipinski definition) is 1. The zero-order valence-corrected chi connectivity index (χ0v) is 13.0. The second kappa shape index (κ2) is 7.76. The summed E-state index contributed by atoms with van der Waals surface area (Å²) in [5.74, 6) is 2.83. The first-order valence-electron chi connectivity index (χ1n) is 6.61. The quantitative estimate of drug-likeness (QED) is 0.901. The van der Waals surface area contributed by atoms with Crippen LogP contribution in [0.5, 0.6) is 5.75 Å². The maximum Gasteiger partial charge on any atom is 0.240 e. The predicted octanol–water partition coefficient (Wildman–Crippen LogP) is 1.88. The molecule has 110 valence electrons. The van der Waals surface area contributed by atoms with Gasteiger partial charge >= 0.3 is 0 Å². The van der Waals surface area contributed by atoms with Crippen LogP contribution in [0.1, 0.15) is 0 Å². The standard InChI is InChI=1S/C14H19ClN2O2S/c1-17(14(18)13-10-20-9-6-16-13)7-8-19-12-4-2-11(15)3-5-12/h2-5,13,16H,6-10H2,1H3. The molecule has 1 aliphatic rings. The third-order valence-corrected chi connectivity index (χ3v) is 4.42. The number of ether oxygens (including phenoxy) is 1. The van der Waals surface area contributed by atoms with Crippen LogP contribution in [0.15, 0.2) is 24.3 Å². The molecule has 1 aliphatic heterocycles. The summed E-state index contributed by atoms with van der Waals surface area (Å²) >= 11 is 7.62. The molecule has 1 heterocycles. The van der Waals surface area contributed by atoms with Crippen molar-refractivity contribution in [2.75, 3.05) is 38.2 Å². The van der Waals surface area contributed by atoms with Gasteiger partial charge in [0.05, 0.1) is 12.6 Å². The molecule has 0 saturated carbocycles. The fourth-order valence-corrected chi connectivity index (χ4v) is 2.98. The van der Waals surface area contributed by atoms with Crippen LogP contribution in [0.3, 0.4) is 0 Å². The van der Waals surface area contributed by atoms with Crippen molar-refractivity contribution in [1.82, 2.24) is 10.2 Å². The molecule has 0 radical (unpaired) electrons. The Morgan fingerprint density at radius 1 is 1.50 bits per heavy atom. The number of likely N-dealkylation sites (N-methyl/N-ethyl adjacent to an activating group) is 1. The van der Waals surface area contributed by atoms with Crippen LogP contribution in [0.25, 0.3) is 0 Å². The minimum Gasteiger partial charge on any atom is -0.492 e. The van der Waals surface area contributed by atoms with Crippen LogP contribution >= 0.6 is 23.4 Å². The second-order valence-corrected chi connectivity index (χ2v) is 6.23. The Balaban J connectivity index is 1.72. The highest BCUT2D eigenvalue weighted by molar-refractivity contribution is 7.99. The topological polar surface area (TPSA) is 41.6 Å². The molecule has 1 atom stereocenters. The van der Waals surface area contributed by atoms with Crippen molar-refractivity contribution in [2.24, 2.45) is 0 Å². The van der Waals surface area contributed by atoms with Crippen molar-refractivity contribution in [1.29, 1.82) is 0 Å². The number of halogens is 1.